The van der Waals surface area contributed by atoms with Crippen molar-refractivity contribution in [3.8, 4) is 0 Å². The lowest BCUT2D eigenvalue weighted by atomic mass is 9.64. The number of aliphatic carboxylic acids is 1. The van der Waals surface area contributed by atoms with Crippen LogP contribution in [0.5, 0.6) is 0 Å². The topological polar surface area (TPSA) is 37.3 Å². The first-order valence-electron chi connectivity index (χ1n) is 6.26. The number of carboxylic acids is 1. The van der Waals surface area contributed by atoms with Crippen molar-refractivity contribution < 1.29 is 9.90 Å². The Morgan fingerprint density at radius 2 is 1.93 bits per heavy atom. The van der Waals surface area contributed by atoms with Crippen LogP contribution in [0.15, 0.2) is 0 Å². The van der Waals surface area contributed by atoms with Crippen LogP contribution in [0.4, 0.5) is 0 Å². The van der Waals surface area contributed by atoms with Gasteiger partial charge in [0.1, 0.15) is 0 Å². The van der Waals surface area contributed by atoms with Gasteiger partial charge in [-0.2, -0.15) is 0 Å². The van der Waals surface area contributed by atoms with E-state index in [2.05, 4.69) is 6.92 Å². The molecule has 1 saturated carbocycles. The summed E-state index contributed by atoms with van der Waals surface area (Å²) in [5.74, 6) is 0.464. The van der Waals surface area contributed by atoms with Gasteiger partial charge in [0.15, 0.2) is 0 Å². The Balaban J connectivity index is 2.62. The molecule has 0 radical (unpaired) electrons. The third-order valence-electron chi connectivity index (χ3n) is 4.23. The van der Waals surface area contributed by atoms with Crippen molar-refractivity contribution in [1.29, 1.82) is 0 Å². The van der Waals surface area contributed by atoms with Gasteiger partial charge in [0.2, 0.25) is 0 Å². The summed E-state index contributed by atoms with van der Waals surface area (Å²) < 4.78 is 0. The maximum Gasteiger partial charge on any atom is 0.309 e. The Kier molecular flexibility index (Phi) is 4.18. The predicted octanol–water partition coefficient (Wildman–Crippen LogP) is 3.70. The normalized spacial score (nSPS) is 31.9. The van der Waals surface area contributed by atoms with Crippen LogP contribution in [0.25, 0.3) is 0 Å². The summed E-state index contributed by atoms with van der Waals surface area (Å²) >= 11 is 0. The first kappa shape index (κ1) is 12.5. The van der Waals surface area contributed by atoms with Gasteiger partial charge in [-0.15, -0.1) is 0 Å². The largest absolute Gasteiger partial charge is 0.481 e. The van der Waals surface area contributed by atoms with E-state index in [0.717, 1.165) is 31.6 Å². The number of hydrogen-bond acceptors (Lipinski definition) is 1. The highest BCUT2D eigenvalue weighted by atomic mass is 16.4. The fraction of sp³-hybridized carbons (Fsp3) is 0.923. The lowest BCUT2D eigenvalue weighted by molar-refractivity contribution is -0.155. The minimum atomic E-state index is -0.576. The molecule has 0 aromatic heterocycles. The standard InChI is InChI=1S/C13H24O2/c1-4-5-11-6-8-13(9-7-11,10(2)3)12(14)15/h10-11H,4-9H2,1-3H3,(H,14,15). The highest BCUT2D eigenvalue weighted by Crippen LogP contribution is 2.45. The molecule has 0 bridgehead atoms. The van der Waals surface area contributed by atoms with Crippen LogP contribution in [0.2, 0.25) is 0 Å². The van der Waals surface area contributed by atoms with Gasteiger partial charge in [-0.25, -0.2) is 0 Å². The Morgan fingerprint density at radius 3 is 2.27 bits per heavy atom. The molecule has 1 aliphatic carbocycles. The molecule has 0 aromatic rings. The molecule has 0 heterocycles. The zero-order valence-corrected chi connectivity index (χ0v) is 10.3. The molecule has 1 N–H and O–H groups in total. The number of carboxylic acid groups (broad SMARTS) is 1. The first-order valence-corrected chi connectivity index (χ1v) is 6.26. The van der Waals surface area contributed by atoms with Crippen LogP contribution in [0, 0.1) is 17.3 Å². The highest BCUT2D eigenvalue weighted by molar-refractivity contribution is 5.75. The minimum Gasteiger partial charge on any atom is -0.481 e. The van der Waals surface area contributed by atoms with Crippen LogP contribution in [-0.4, -0.2) is 11.1 Å². The molecule has 2 nitrogen and oxygen atoms in total. The van der Waals surface area contributed by atoms with E-state index in [0.29, 0.717) is 0 Å². The average Bonchev–Trinajstić information content (AvgIpc) is 2.18. The van der Waals surface area contributed by atoms with Crippen LogP contribution in [0.3, 0.4) is 0 Å². The monoisotopic (exact) mass is 212 g/mol. The summed E-state index contributed by atoms with van der Waals surface area (Å²) in [4.78, 5) is 11.4. The number of hydrogen-bond donors (Lipinski definition) is 1. The molecule has 0 saturated heterocycles. The second kappa shape index (κ2) is 5.00. The van der Waals surface area contributed by atoms with Gasteiger partial charge in [-0.1, -0.05) is 33.6 Å². The molecule has 0 atom stereocenters. The zero-order chi connectivity index (χ0) is 11.5. The van der Waals surface area contributed by atoms with E-state index in [1.807, 2.05) is 13.8 Å². The summed E-state index contributed by atoms with van der Waals surface area (Å²) in [5, 5.41) is 9.38. The fourth-order valence-electron chi connectivity index (χ4n) is 2.93. The van der Waals surface area contributed by atoms with Gasteiger partial charge in [0, 0.05) is 0 Å². The Bertz CT molecular complexity index is 213. The maximum absolute atomic E-state index is 11.4. The van der Waals surface area contributed by atoms with Gasteiger partial charge >= 0.3 is 5.97 Å². The van der Waals surface area contributed by atoms with Gasteiger partial charge in [0.25, 0.3) is 0 Å². The number of carbonyl (C=O) groups is 1. The van der Waals surface area contributed by atoms with Crippen LogP contribution in [0.1, 0.15) is 59.3 Å². The molecule has 0 aromatic carbocycles. The number of rotatable bonds is 4. The minimum absolute atomic E-state index is 0.262. The quantitative estimate of drug-likeness (QED) is 0.771. The lowest BCUT2D eigenvalue weighted by Gasteiger charge is -2.39. The van der Waals surface area contributed by atoms with E-state index in [9.17, 15) is 9.90 Å². The molecule has 0 unspecified atom stereocenters. The molecule has 0 aliphatic heterocycles. The second-order valence-electron chi connectivity index (χ2n) is 5.35. The van der Waals surface area contributed by atoms with E-state index in [-0.39, 0.29) is 5.92 Å². The van der Waals surface area contributed by atoms with E-state index < -0.39 is 11.4 Å². The lowest BCUT2D eigenvalue weighted by Crippen LogP contribution is -2.39. The third kappa shape index (κ3) is 2.53. The summed E-state index contributed by atoms with van der Waals surface area (Å²) in [6.45, 7) is 6.31. The van der Waals surface area contributed by atoms with Crippen molar-refractivity contribution in [3.05, 3.63) is 0 Å². The molecular formula is C13H24O2. The molecular weight excluding hydrogens is 188 g/mol. The van der Waals surface area contributed by atoms with Gasteiger partial charge in [-0.3, -0.25) is 4.79 Å². The van der Waals surface area contributed by atoms with Gasteiger partial charge < -0.3 is 5.11 Å². The van der Waals surface area contributed by atoms with E-state index in [1.54, 1.807) is 0 Å². The Morgan fingerprint density at radius 1 is 1.40 bits per heavy atom. The molecule has 2 heteroatoms. The fourth-order valence-corrected chi connectivity index (χ4v) is 2.93. The van der Waals surface area contributed by atoms with Gasteiger partial charge in [-0.05, 0) is 37.5 Å². The van der Waals surface area contributed by atoms with Crippen molar-refractivity contribution in [3.63, 3.8) is 0 Å². The molecule has 1 rings (SSSR count). The second-order valence-corrected chi connectivity index (χ2v) is 5.35. The molecule has 0 amide bonds. The first-order chi connectivity index (χ1) is 7.03. The van der Waals surface area contributed by atoms with Crippen molar-refractivity contribution in [2.75, 3.05) is 0 Å². The molecule has 1 aliphatic rings. The predicted molar refractivity (Wildman–Crippen MR) is 61.8 cm³/mol. The zero-order valence-electron chi connectivity index (χ0n) is 10.3. The molecule has 1 fully saturated rings. The maximum atomic E-state index is 11.4. The smallest absolute Gasteiger partial charge is 0.309 e. The van der Waals surface area contributed by atoms with Crippen molar-refractivity contribution in [1.82, 2.24) is 0 Å². The van der Waals surface area contributed by atoms with Crippen molar-refractivity contribution in [2.45, 2.75) is 59.3 Å². The van der Waals surface area contributed by atoms with E-state index in [1.165, 1.54) is 12.8 Å². The third-order valence-corrected chi connectivity index (χ3v) is 4.23. The van der Waals surface area contributed by atoms with E-state index >= 15 is 0 Å². The summed E-state index contributed by atoms with van der Waals surface area (Å²) in [6.07, 6.45) is 6.48. The average molecular weight is 212 g/mol. The van der Waals surface area contributed by atoms with Crippen molar-refractivity contribution >= 4 is 5.97 Å². The molecule has 88 valence electrons. The van der Waals surface area contributed by atoms with E-state index in [4.69, 9.17) is 0 Å². The summed E-state index contributed by atoms with van der Waals surface area (Å²) in [7, 11) is 0. The Hall–Kier alpha value is -0.530. The Labute approximate surface area is 93.1 Å². The molecule has 15 heavy (non-hydrogen) atoms. The van der Waals surface area contributed by atoms with Crippen LogP contribution >= 0.6 is 0 Å². The highest BCUT2D eigenvalue weighted by Gasteiger charge is 2.43. The van der Waals surface area contributed by atoms with Gasteiger partial charge in [0.05, 0.1) is 5.41 Å². The molecule has 0 spiro atoms. The summed E-state index contributed by atoms with van der Waals surface area (Å²) in [5.41, 5.74) is -0.426. The SMILES string of the molecule is CCCC1CCC(C(=O)O)(C(C)C)CC1. The van der Waals surface area contributed by atoms with Crippen LogP contribution < -0.4 is 0 Å². The summed E-state index contributed by atoms with van der Waals surface area (Å²) in [6, 6.07) is 0. The van der Waals surface area contributed by atoms with Crippen LogP contribution in [-0.2, 0) is 4.79 Å². The van der Waals surface area contributed by atoms with Crippen molar-refractivity contribution in [2.24, 2.45) is 17.3 Å².